The van der Waals surface area contributed by atoms with Crippen molar-refractivity contribution in [2.24, 2.45) is 0 Å². The van der Waals surface area contributed by atoms with Crippen LogP contribution < -0.4 is 30.7 Å². The summed E-state index contributed by atoms with van der Waals surface area (Å²) in [6.07, 6.45) is 8.52. The zero-order valence-electron chi connectivity index (χ0n) is 25.2. The van der Waals surface area contributed by atoms with E-state index in [1.54, 1.807) is 12.1 Å². The van der Waals surface area contributed by atoms with E-state index in [9.17, 15) is 4.79 Å². The summed E-state index contributed by atoms with van der Waals surface area (Å²) in [7, 11) is 0. The Kier molecular flexibility index (Phi) is 12.2. The molecule has 0 unspecified atom stereocenters. The summed E-state index contributed by atoms with van der Waals surface area (Å²) < 4.78 is 22.4. The monoisotopic (exact) mass is 605 g/mol. The largest absolute Gasteiger partial charge is 0.454 e. The highest BCUT2D eigenvalue weighted by Crippen LogP contribution is 2.35. The number of ether oxygens (including phenoxy) is 4. The van der Waals surface area contributed by atoms with Crippen molar-refractivity contribution in [3.05, 3.63) is 59.7 Å². The first-order valence-corrected chi connectivity index (χ1v) is 15.6. The van der Waals surface area contributed by atoms with Crippen LogP contribution in [0.5, 0.6) is 11.5 Å². The molecule has 2 aromatic carbocycles. The van der Waals surface area contributed by atoms with Gasteiger partial charge >= 0.3 is 0 Å². The second-order valence-corrected chi connectivity index (χ2v) is 10.8. The first-order valence-electron chi connectivity index (χ1n) is 15.6. The molecule has 0 radical (unpaired) electrons. The molecule has 2 heterocycles. The van der Waals surface area contributed by atoms with Crippen LogP contribution in [0.4, 0.5) is 17.8 Å². The molecule has 1 fully saturated rings. The molecular weight excluding hydrogens is 562 g/mol. The topological polar surface area (TPSA) is 141 Å². The second-order valence-electron chi connectivity index (χ2n) is 10.8. The number of carbonyl (C=O) groups excluding carboxylic acids is 1. The van der Waals surface area contributed by atoms with E-state index >= 15 is 0 Å². The average Bonchev–Trinajstić information content (AvgIpc) is 3.52. The van der Waals surface area contributed by atoms with E-state index in [4.69, 9.17) is 18.9 Å². The van der Waals surface area contributed by atoms with Gasteiger partial charge in [0.1, 0.15) is 0 Å². The summed E-state index contributed by atoms with van der Waals surface area (Å²) in [6, 6.07) is 15.3. The molecule has 0 saturated heterocycles. The molecule has 1 saturated carbocycles. The third kappa shape index (κ3) is 9.95. The van der Waals surface area contributed by atoms with Crippen molar-refractivity contribution in [2.75, 3.05) is 62.3 Å². The molecule has 1 amide bonds. The molecule has 236 valence electrons. The Hall–Kier alpha value is -4.16. The molecule has 1 aromatic heterocycles. The van der Waals surface area contributed by atoms with Crippen LogP contribution in [0.3, 0.4) is 0 Å². The third-order valence-corrected chi connectivity index (χ3v) is 7.46. The lowest BCUT2D eigenvalue weighted by Gasteiger charge is -2.21. The van der Waals surface area contributed by atoms with Crippen LogP contribution in [0, 0.1) is 0 Å². The summed E-state index contributed by atoms with van der Waals surface area (Å²) in [5, 5.41) is 13.0. The molecule has 4 N–H and O–H groups in total. The van der Waals surface area contributed by atoms with Crippen molar-refractivity contribution in [3.63, 3.8) is 0 Å². The van der Waals surface area contributed by atoms with Crippen LogP contribution >= 0.6 is 0 Å². The fraction of sp³-hybridized carbons (Fsp3) is 0.500. The van der Waals surface area contributed by atoms with Gasteiger partial charge in [-0.15, -0.1) is 0 Å². The number of rotatable bonds is 16. The summed E-state index contributed by atoms with van der Waals surface area (Å²) in [5.74, 6) is 2.89. The van der Waals surface area contributed by atoms with Gasteiger partial charge in [-0.05, 0) is 31.0 Å². The summed E-state index contributed by atoms with van der Waals surface area (Å²) in [6.45, 7) is 3.44. The lowest BCUT2D eigenvalue weighted by atomic mass is 9.97. The number of amides is 1. The van der Waals surface area contributed by atoms with Crippen LogP contribution in [-0.4, -0.2) is 73.2 Å². The fourth-order valence-corrected chi connectivity index (χ4v) is 5.17. The molecule has 0 atom stereocenters. The van der Waals surface area contributed by atoms with Gasteiger partial charge in [0.25, 0.3) is 5.91 Å². The van der Waals surface area contributed by atoms with Crippen molar-refractivity contribution in [2.45, 2.75) is 57.5 Å². The number of fused-ring (bicyclic) bond motifs is 1. The lowest BCUT2D eigenvalue weighted by molar-refractivity contribution is 0.0519. The van der Waals surface area contributed by atoms with Crippen molar-refractivity contribution in [1.82, 2.24) is 20.3 Å². The Morgan fingerprint density at radius 1 is 0.750 bits per heavy atom. The number of nitrogens with one attached hydrogen (secondary N) is 4. The number of nitrogens with zero attached hydrogens (tertiary/aromatic N) is 3. The number of benzene rings is 2. The van der Waals surface area contributed by atoms with Gasteiger partial charge in [0.2, 0.25) is 24.6 Å². The first-order chi connectivity index (χ1) is 21.7. The van der Waals surface area contributed by atoms with Gasteiger partial charge in [0, 0.05) is 36.8 Å². The number of hydrogen-bond acceptors (Lipinski definition) is 11. The Morgan fingerprint density at radius 3 is 2.25 bits per heavy atom. The zero-order chi connectivity index (χ0) is 30.2. The smallest absolute Gasteiger partial charge is 0.251 e. The van der Waals surface area contributed by atoms with Gasteiger partial charge in [0.15, 0.2) is 11.5 Å². The quantitative estimate of drug-likeness (QED) is 0.170. The van der Waals surface area contributed by atoms with Gasteiger partial charge < -0.3 is 40.2 Å². The van der Waals surface area contributed by atoms with E-state index in [-0.39, 0.29) is 12.7 Å². The third-order valence-electron chi connectivity index (χ3n) is 7.46. The minimum Gasteiger partial charge on any atom is -0.454 e. The highest BCUT2D eigenvalue weighted by atomic mass is 16.7. The summed E-state index contributed by atoms with van der Waals surface area (Å²) >= 11 is 0. The summed E-state index contributed by atoms with van der Waals surface area (Å²) in [4.78, 5) is 26.0. The Morgan fingerprint density at radius 2 is 1.45 bits per heavy atom. The molecule has 5 rings (SSSR count). The molecule has 1 aliphatic carbocycles. The Balaban J connectivity index is 1.06. The molecular formula is C32H43N7O5. The zero-order valence-corrected chi connectivity index (χ0v) is 25.2. The van der Waals surface area contributed by atoms with E-state index in [1.165, 1.54) is 32.1 Å². The van der Waals surface area contributed by atoms with E-state index in [0.29, 0.717) is 75.5 Å². The standard InChI is InChI=1S/C32H43N7O5/c40-29(24-10-5-4-6-11-24)33-16-18-41-20-21-42-19-17-34-30-37-31(35-22-25-12-9-15-27-28(25)44-23-43-27)39-32(38-30)36-26-13-7-2-1-3-8-14-26/h4-6,9-12,15,26H,1-3,7-8,13-14,16-23H2,(H,33,40)(H3,34,35,36,37,38,39). The van der Waals surface area contributed by atoms with Crippen LogP contribution in [0.25, 0.3) is 0 Å². The molecule has 2 aliphatic rings. The normalized spacial score (nSPS) is 14.8. The predicted molar refractivity (Wildman–Crippen MR) is 168 cm³/mol. The number of para-hydroxylation sites is 1. The van der Waals surface area contributed by atoms with Crippen LogP contribution in [0.15, 0.2) is 48.5 Å². The highest BCUT2D eigenvalue weighted by Gasteiger charge is 2.18. The molecule has 1 aliphatic heterocycles. The Bertz CT molecular complexity index is 1310. The maximum absolute atomic E-state index is 12.0. The van der Waals surface area contributed by atoms with Gasteiger partial charge in [-0.25, -0.2) is 0 Å². The molecule has 0 spiro atoms. The van der Waals surface area contributed by atoms with E-state index in [2.05, 4.69) is 36.2 Å². The van der Waals surface area contributed by atoms with E-state index in [1.807, 2.05) is 36.4 Å². The maximum atomic E-state index is 12.0. The molecule has 0 bridgehead atoms. The van der Waals surface area contributed by atoms with Crippen LogP contribution in [0.2, 0.25) is 0 Å². The lowest BCUT2D eigenvalue weighted by Crippen LogP contribution is -2.27. The fourth-order valence-electron chi connectivity index (χ4n) is 5.17. The van der Waals surface area contributed by atoms with Crippen molar-refractivity contribution < 1.29 is 23.7 Å². The minimum absolute atomic E-state index is 0.108. The van der Waals surface area contributed by atoms with Crippen LogP contribution in [0.1, 0.15) is 60.9 Å². The highest BCUT2D eigenvalue weighted by molar-refractivity contribution is 5.94. The van der Waals surface area contributed by atoms with Gasteiger partial charge in [-0.3, -0.25) is 4.79 Å². The summed E-state index contributed by atoms with van der Waals surface area (Å²) in [5.41, 5.74) is 1.61. The number of anilines is 3. The Labute approximate surface area is 258 Å². The predicted octanol–water partition coefficient (Wildman–Crippen LogP) is 4.61. The van der Waals surface area contributed by atoms with Gasteiger partial charge in [-0.1, -0.05) is 62.4 Å². The SMILES string of the molecule is O=C(NCCOCCOCCNc1nc(NCc2cccc3c2OCO3)nc(NC2CCCCCCC2)n1)c1ccccc1. The van der Waals surface area contributed by atoms with E-state index < -0.39 is 0 Å². The van der Waals surface area contributed by atoms with Crippen molar-refractivity contribution >= 4 is 23.8 Å². The van der Waals surface area contributed by atoms with Crippen LogP contribution in [-0.2, 0) is 16.0 Å². The number of hydrogen-bond donors (Lipinski definition) is 4. The van der Waals surface area contributed by atoms with Crippen molar-refractivity contribution in [3.8, 4) is 11.5 Å². The number of aromatic nitrogens is 3. The maximum Gasteiger partial charge on any atom is 0.251 e. The molecule has 12 heteroatoms. The average molecular weight is 606 g/mol. The molecule has 44 heavy (non-hydrogen) atoms. The number of carbonyl (C=O) groups is 1. The second kappa shape index (κ2) is 17.2. The van der Waals surface area contributed by atoms with Gasteiger partial charge in [-0.2, -0.15) is 15.0 Å². The van der Waals surface area contributed by atoms with Crippen molar-refractivity contribution in [1.29, 1.82) is 0 Å². The molecule has 3 aromatic rings. The first kappa shape index (κ1) is 31.3. The van der Waals surface area contributed by atoms with Gasteiger partial charge in [0.05, 0.1) is 26.4 Å². The molecule has 12 nitrogen and oxygen atoms in total. The van der Waals surface area contributed by atoms with E-state index in [0.717, 1.165) is 29.9 Å². The minimum atomic E-state index is -0.108.